The molecule has 9 heteroatoms. The number of nitrogens with zero attached hydrogens (tertiary/aromatic N) is 8. The summed E-state index contributed by atoms with van der Waals surface area (Å²) in [6.07, 6.45) is 0. The first-order valence-corrected chi connectivity index (χ1v) is 51.5. The van der Waals surface area contributed by atoms with Crippen LogP contribution in [0.5, 0.6) is 0 Å². The average Bonchev–Trinajstić information content (AvgIpc) is 1.54. The van der Waals surface area contributed by atoms with Gasteiger partial charge in [0.1, 0.15) is 17.0 Å². The summed E-state index contributed by atoms with van der Waals surface area (Å²) in [5, 5.41) is 12.8. The van der Waals surface area contributed by atoms with Gasteiger partial charge in [0.2, 0.25) is 0 Å². The number of rotatable bonds is 8. The van der Waals surface area contributed by atoms with Crippen LogP contribution in [-0.4, -0.2) is 25.7 Å². The number of benzene rings is 20. The van der Waals surface area contributed by atoms with Crippen LogP contribution in [0.3, 0.4) is 0 Å². The highest BCUT2D eigenvalue weighted by molar-refractivity contribution is 6.23. The Morgan fingerprint density at radius 3 is 1.14 bits per heavy atom. The second-order valence-electron chi connectivity index (χ2n) is 41.4. The SMILES string of the molecule is CN1c2ccccc2C2(c3ccccc3-c3ccccc32)c2ccccc21.Cc1cc(N(c2cc(C)c(C)c(C)c2)c2ccc3c(c2)c2cc(N(c4cc(C)c(C)c(C)c4)c4cc(C)c(C)c(C)c4)ccc2n3C)cc(C)c1C.Cc1ccc(N2c3ccccc3C(C)(C)c3cc4c(cc32)oc2ccccc24)cc1.Cc1nc2ccccc2n1-c1ccccc1.Cn1c2c3ccccc3ccc2c2ccc3ccccc3c21. The minimum atomic E-state index is -0.257. The van der Waals surface area contributed by atoms with Crippen LogP contribution < -0.4 is 19.6 Å². The highest BCUT2D eigenvalue weighted by Crippen LogP contribution is 2.63. The molecule has 0 unspecified atom stereocenters. The van der Waals surface area contributed by atoms with Gasteiger partial charge in [-0.25, -0.2) is 4.98 Å². The average molecular weight is 1910 g/mol. The van der Waals surface area contributed by atoms with Gasteiger partial charge < -0.3 is 33.2 Å². The van der Waals surface area contributed by atoms with Crippen molar-refractivity contribution in [2.75, 3.05) is 26.6 Å². The number of para-hydroxylation sites is 7. The Labute approximate surface area is 862 Å². The Kier molecular flexibility index (Phi) is 23.6. The van der Waals surface area contributed by atoms with E-state index in [4.69, 9.17) is 4.42 Å². The topological polar surface area (TPSA) is 53.8 Å². The molecule has 1 aliphatic carbocycles. The molecule has 0 fully saturated rings. The number of hydrogen-bond acceptors (Lipinski definition) is 6. The van der Waals surface area contributed by atoms with E-state index in [9.17, 15) is 0 Å². The van der Waals surface area contributed by atoms with E-state index in [2.05, 4.69) is 509 Å². The number of furan rings is 1. The Balaban J connectivity index is 0.000000107. The first kappa shape index (κ1) is 93.6. The third-order valence-corrected chi connectivity index (χ3v) is 32.5. The van der Waals surface area contributed by atoms with Gasteiger partial charge in [-0.3, -0.25) is 4.57 Å². The summed E-state index contributed by atoms with van der Waals surface area (Å²) in [6.45, 7) is 35.5. The maximum absolute atomic E-state index is 6.25. The molecule has 20 aromatic carbocycles. The molecule has 0 radical (unpaired) electrons. The summed E-state index contributed by atoms with van der Waals surface area (Å²) in [5.41, 5.74) is 51.1. The van der Waals surface area contributed by atoms with Crippen molar-refractivity contribution >= 4 is 161 Å². The summed E-state index contributed by atoms with van der Waals surface area (Å²) in [5.74, 6) is 1.02. The molecule has 9 nitrogen and oxygen atoms in total. The van der Waals surface area contributed by atoms with Crippen LogP contribution in [0, 0.1) is 96.9 Å². The van der Waals surface area contributed by atoms with E-state index in [0.717, 1.165) is 45.1 Å². The van der Waals surface area contributed by atoms with Crippen molar-refractivity contribution in [3.8, 4) is 16.8 Å². The van der Waals surface area contributed by atoms with Crippen LogP contribution in [0.15, 0.2) is 399 Å². The predicted octanol–water partition coefficient (Wildman–Crippen LogP) is 37.1. The van der Waals surface area contributed by atoms with E-state index < -0.39 is 0 Å². The predicted molar refractivity (Wildman–Crippen MR) is 625 cm³/mol. The fraction of sp³-hybridized carbons (Fsp3) is 0.152. The Morgan fingerprint density at radius 1 is 0.259 bits per heavy atom. The van der Waals surface area contributed by atoms with Crippen molar-refractivity contribution in [1.82, 2.24) is 18.7 Å². The van der Waals surface area contributed by atoms with Crippen molar-refractivity contribution in [1.29, 1.82) is 0 Å². The third-order valence-electron chi connectivity index (χ3n) is 32.5. The van der Waals surface area contributed by atoms with E-state index in [1.165, 1.54) is 244 Å². The molecule has 1 spiro atoms. The molecule has 24 aromatic rings. The van der Waals surface area contributed by atoms with Gasteiger partial charge >= 0.3 is 0 Å². The van der Waals surface area contributed by atoms with Crippen molar-refractivity contribution in [3.63, 3.8) is 0 Å². The van der Waals surface area contributed by atoms with Gasteiger partial charge in [-0.1, -0.05) is 256 Å². The molecule has 3 aliphatic rings. The minimum Gasteiger partial charge on any atom is -0.456 e. The number of hydrogen-bond donors (Lipinski definition) is 0. The first-order valence-electron chi connectivity index (χ1n) is 51.5. The lowest BCUT2D eigenvalue weighted by Crippen LogP contribution is -2.36. The van der Waals surface area contributed by atoms with Crippen LogP contribution in [0.2, 0.25) is 0 Å². The van der Waals surface area contributed by atoms with Crippen LogP contribution in [0.25, 0.3) is 115 Å². The second-order valence-corrected chi connectivity index (χ2v) is 41.4. The maximum Gasteiger partial charge on any atom is 0.137 e. The number of anilines is 11. The van der Waals surface area contributed by atoms with Gasteiger partial charge in [-0.05, 0) is 371 Å². The standard InChI is InChI=1S/C49H53N3.C28H23NO.C26H19N.C21H15N.C14H12N2/c1-28-18-42(19-29(2)36(28)9)51(43-20-30(3)37(10)31(4)21-43)40-14-16-48-46(26-40)47-27-41(15-17-49(47)50(48)13)52(44-22-32(5)38(11)33(6)23-44)45-24-34(7)39(12)35(8)25-45;1-18-12-14-19(15-13-18)29-24-10-6-5-9-22(24)28(2,3)23-16-21-20-8-4-7-11-26(20)30-27(21)17-25(23)29;1-27-24-16-8-6-14-22(24)26(23-15-7-9-17-25(23)27)20-12-4-2-10-18(20)19-11-3-5-13-21(19)26;1-22-20-16-8-4-2-6-14(16)10-12-18(20)19-13-11-15-7-3-5-9-17(15)21(19)22;1-11-15-13-9-5-6-10-14(13)16(11)12-7-3-2-4-8-12/h14-27H,1-13H3;4-17H,1-3H3;2-17H,1H3;2-13H,1H3;2-10H,1H3. The zero-order valence-corrected chi connectivity index (χ0v) is 87.5. The smallest absolute Gasteiger partial charge is 0.137 e. The highest BCUT2D eigenvalue weighted by atomic mass is 16.3. The number of aromatic nitrogens is 4. The van der Waals surface area contributed by atoms with Gasteiger partial charge in [0.05, 0.1) is 38.9 Å². The molecule has 0 bridgehead atoms. The van der Waals surface area contributed by atoms with Crippen LogP contribution in [0.4, 0.5) is 62.6 Å². The summed E-state index contributed by atoms with van der Waals surface area (Å²) in [7, 11) is 6.55. The van der Waals surface area contributed by atoms with Gasteiger partial charge in [0, 0.05) is 144 Å². The lowest BCUT2D eigenvalue weighted by molar-refractivity contribution is 0.630. The van der Waals surface area contributed by atoms with E-state index in [-0.39, 0.29) is 10.8 Å². The molecule has 2 aliphatic heterocycles. The number of imidazole rings is 1. The molecule has 0 atom stereocenters. The van der Waals surface area contributed by atoms with Crippen LogP contribution >= 0.6 is 0 Å². The Bertz CT molecular complexity index is 8830. The molecule has 4 aromatic heterocycles. The number of aryl methyl sites for hydroxylation is 12. The summed E-state index contributed by atoms with van der Waals surface area (Å²) < 4.78 is 13.1. The zero-order chi connectivity index (χ0) is 101. The van der Waals surface area contributed by atoms with Gasteiger partial charge in [-0.15, -0.1) is 0 Å². The lowest BCUT2D eigenvalue weighted by atomic mass is 9.65. The van der Waals surface area contributed by atoms with E-state index in [1.807, 2.05) is 55.5 Å². The van der Waals surface area contributed by atoms with Crippen LogP contribution in [-0.2, 0) is 24.9 Å². The van der Waals surface area contributed by atoms with Gasteiger partial charge in [0.25, 0.3) is 0 Å². The second kappa shape index (κ2) is 37.0. The molecule has 0 saturated heterocycles. The molecular formula is C138H122N8O. The zero-order valence-electron chi connectivity index (χ0n) is 87.5. The largest absolute Gasteiger partial charge is 0.456 e. The van der Waals surface area contributed by atoms with E-state index in [1.54, 1.807) is 0 Å². The van der Waals surface area contributed by atoms with Gasteiger partial charge in [-0.2, -0.15) is 0 Å². The van der Waals surface area contributed by atoms with Crippen molar-refractivity contribution in [2.24, 2.45) is 14.1 Å². The molecule has 0 N–H and O–H groups in total. The van der Waals surface area contributed by atoms with Crippen molar-refractivity contribution in [2.45, 2.75) is 122 Å². The highest BCUT2D eigenvalue weighted by Gasteiger charge is 2.51. The van der Waals surface area contributed by atoms with Gasteiger partial charge in [0.15, 0.2) is 0 Å². The lowest BCUT2D eigenvalue weighted by Gasteiger charge is -2.43. The number of fused-ring (bicyclic) bond motifs is 25. The summed E-state index contributed by atoms with van der Waals surface area (Å²) >= 11 is 0. The van der Waals surface area contributed by atoms with E-state index in [0.29, 0.717) is 0 Å². The molecule has 0 saturated carbocycles. The Hall–Kier alpha value is -17.0. The third kappa shape index (κ3) is 15.7. The minimum absolute atomic E-state index is 0.111. The normalized spacial score (nSPS) is 12.8. The molecule has 147 heavy (non-hydrogen) atoms. The summed E-state index contributed by atoms with van der Waals surface area (Å²) in [4.78, 5) is 14.2. The monoisotopic (exact) mass is 1910 g/mol. The molecule has 720 valence electrons. The fourth-order valence-corrected chi connectivity index (χ4v) is 23.9. The molecule has 0 amide bonds. The maximum atomic E-state index is 6.25. The van der Waals surface area contributed by atoms with Crippen molar-refractivity contribution in [3.05, 3.63) is 506 Å². The molecule has 6 heterocycles. The molecule has 27 rings (SSSR count). The summed E-state index contributed by atoms with van der Waals surface area (Å²) in [6, 6.07) is 143. The van der Waals surface area contributed by atoms with Crippen LogP contribution in [0.1, 0.15) is 125 Å². The van der Waals surface area contributed by atoms with E-state index >= 15 is 0 Å². The first-order chi connectivity index (χ1) is 71.2. The Morgan fingerprint density at radius 2 is 0.660 bits per heavy atom. The quantitative estimate of drug-likeness (QED) is 0.151. The fourth-order valence-electron chi connectivity index (χ4n) is 23.9. The van der Waals surface area contributed by atoms with Crippen molar-refractivity contribution < 1.29 is 4.42 Å². The molecular weight excluding hydrogens is 1790 g/mol.